The molecule has 3 N–H and O–H groups in total. The highest BCUT2D eigenvalue weighted by molar-refractivity contribution is 5.98. The Morgan fingerprint density at radius 1 is 1.56 bits per heavy atom. The summed E-state index contributed by atoms with van der Waals surface area (Å²) in [6, 6.07) is 1.61. The summed E-state index contributed by atoms with van der Waals surface area (Å²) in [6.07, 6.45) is 4.85. The molecule has 1 aromatic heterocycles. The van der Waals surface area contributed by atoms with Crippen molar-refractivity contribution in [3.63, 3.8) is 0 Å². The fourth-order valence-corrected chi connectivity index (χ4v) is 1.26. The topological polar surface area (TPSA) is 77.2 Å². The van der Waals surface area contributed by atoms with E-state index in [2.05, 4.69) is 10.3 Å². The van der Waals surface area contributed by atoms with Crippen molar-refractivity contribution in [2.75, 3.05) is 26.0 Å². The third kappa shape index (κ3) is 3.86. The van der Waals surface area contributed by atoms with Crippen molar-refractivity contribution in [2.24, 2.45) is 0 Å². The van der Waals surface area contributed by atoms with Crippen LogP contribution >= 0.6 is 0 Å². The van der Waals surface area contributed by atoms with Crippen LogP contribution in [0.3, 0.4) is 0 Å². The summed E-state index contributed by atoms with van der Waals surface area (Å²) in [5, 5.41) is 2.78. The lowest BCUT2D eigenvalue weighted by Crippen LogP contribution is -2.25. The molecule has 88 valence electrons. The second kappa shape index (κ2) is 6.79. The van der Waals surface area contributed by atoms with Crippen LogP contribution in [0.15, 0.2) is 18.5 Å². The maximum absolute atomic E-state index is 11.6. The zero-order chi connectivity index (χ0) is 11.8. The van der Waals surface area contributed by atoms with Crippen molar-refractivity contribution >= 4 is 11.6 Å². The lowest BCUT2D eigenvalue weighted by atomic mass is 10.2. The number of nitrogen functional groups attached to an aromatic ring is 1. The van der Waals surface area contributed by atoms with Crippen LogP contribution in [0, 0.1) is 0 Å². The smallest absolute Gasteiger partial charge is 0.254 e. The molecule has 0 atom stereocenters. The molecule has 5 heteroatoms. The Bertz CT molecular complexity index is 342. The van der Waals surface area contributed by atoms with E-state index in [0.29, 0.717) is 24.4 Å². The van der Waals surface area contributed by atoms with Crippen molar-refractivity contribution in [2.45, 2.75) is 12.8 Å². The number of hydrogen-bond acceptors (Lipinski definition) is 4. The maximum atomic E-state index is 11.6. The van der Waals surface area contributed by atoms with Gasteiger partial charge in [0.2, 0.25) is 0 Å². The fraction of sp³-hybridized carbons (Fsp3) is 0.455. The third-order valence-electron chi connectivity index (χ3n) is 2.16. The molecule has 1 amide bonds. The lowest BCUT2D eigenvalue weighted by molar-refractivity contribution is 0.0952. The number of nitrogens with zero attached hydrogens (tertiary/aromatic N) is 1. The summed E-state index contributed by atoms with van der Waals surface area (Å²) >= 11 is 0. The predicted molar refractivity (Wildman–Crippen MR) is 62.1 cm³/mol. The average molecular weight is 223 g/mol. The number of amides is 1. The number of anilines is 1. The van der Waals surface area contributed by atoms with Gasteiger partial charge in [0, 0.05) is 38.3 Å². The minimum absolute atomic E-state index is 0.178. The first-order valence-electron chi connectivity index (χ1n) is 5.22. The molecular formula is C11H17N3O2. The Morgan fingerprint density at radius 3 is 3.06 bits per heavy atom. The van der Waals surface area contributed by atoms with E-state index in [4.69, 9.17) is 10.5 Å². The molecule has 0 aliphatic carbocycles. The van der Waals surface area contributed by atoms with Crippen LogP contribution < -0.4 is 11.1 Å². The van der Waals surface area contributed by atoms with Gasteiger partial charge in [-0.15, -0.1) is 0 Å². The van der Waals surface area contributed by atoms with Gasteiger partial charge in [-0.3, -0.25) is 9.78 Å². The number of ether oxygens (including phenoxy) is 1. The predicted octanol–water partition coefficient (Wildman–Crippen LogP) is 0.820. The molecule has 0 fully saturated rings. The van der Waals surface area contributed by atoms with Gasteiger partial charge in [0.25, 0.3) is 5.91 Å². The van der Waals surface area contributed by atoms with E-state index in [-0.39, 0.29) is 5.91 Å². The van der Waals surface area contributed by atoms with Crippen LogP contribution in [-0.4, -0.2) is 31.2 Å². The molecule has 0 aliphatic heterocycles. The van der Waals surface area contributed by atoms with Gasteiger partial charge in [-0.1, -0.05) is 0 Å². The number of carbonyl (C=O) groups is 1. The van der Waals surface area contributed by atoms with Crippen molar-refractivity contribution in [3.8, 4) is 0 Å². The van der Waals surface area contributed by atoms with Crippen molar-refractivity contribution in [1.29, 1.82) is 0 Å². The van der Waals surface area contributed by atoms with Gasteiger partial charge in [-0.25, -0.2) is 0 Å². The second-order valence-electron chi connectivity index (χ2n) is 3.42. The van der Waals surface area contributed by atoms with Gasteiger partial charge < -0.3 is 15.8 Å². The summed E-state index contributed by atoms with van der Waals surface area (Å²) in [5.74, 6) is -0.178. The molecule has 1 heterocycles. The highest BCUT2D eigenvalue weighted by Crippen LogP contribution is 2.07. The molecule has 0 bridgehead atoms. The van der Waals surface area contributed by atoms with Crippen LogP contribution in [-0.2, 0) is 4.74 Å². The molecule has 0 saturated heterocycles. The number of unbranched alkanes of at least 4 members (excludes halogenated alkanes) is 1. The van der Waals surface area contributed by atoms with Crippen LogP contribution in [0.2, 0.25) is 0 Å². The van der Waals surface area contributed by atoms with E-state index in [1.165, 1.54) is 6.20 Å². The first kappa shape index (κ1) is 12.4. The zero-order valence-corrected chi connectivity index (χ0v) is 9.40. The number of aromatic nitrogens is 1. The summed E-state index contributed by atoms with van der Waals surface area (Å²) in [5.41, 5.74) is 6.53. The highest BCUT2D eigenvalue weighted by Gasteiger charge is 2.07. The number of hydrogen-bond donors (Lipinski definition) is 2. The second-order valence-corrected chi connectivity index (χ2v) is 3.42. The molecule has 0 spiro atoms. The molecule has 5 nitrogen and oxygen atoms in total. The minimum atomic E-state index is -0.178. The molecule has 0 radical (unpaired) electrons. The van der Waals surface area contributed by atoms with E-state index in [0.717, 1.165) is 12.8 Å². The van der Waals surface area contributed by atoms with Gasteiger partial charge in [0.1, 0.15) is 0 Å². The molecule has 0 saturated carbocycles. The van der Waals surface area contributed by atoms with Crippen LogP contribution in [0.5, 0.6) is 0 Å². The molecule has 1 rings (SSSR count). The van der Waals surface area contributed by atoms with Gasteiger partial charge in [-0.2, -0.15) is 0 Å². The fourth-order valence-electron chi connectivity index (χ4n) is 1.26. The Hall–Kier alpha value is -1.62. The third-order valence-corrected chi connectivity index (χ3v) is 2.16. The van der Waals surface area contributed by atoms with Crippen molar-refractivity contribution < 1.29 is 9.53 Å². The SMILES string of the molecule is COCCCCNC(=O)c1cnccc1N. The highest BCUT2D eigenvalue weighted by atomic mass is 16.5. The molecule has 0 aromatic carbocycles. The molecule has 16 heavy (non-hydrogen) atoms. The lowest BCUT2D eigenvalue weighted by Gasteiger charge is -2.06. The summed E-state index contributed by atoms with van der Waals surface area (Å²) < 4.78 is 4.91. The number of nitrogens with two attached hydrogens (primary N) is 1. The van der Waals surface area contributed by atoms with Crippen LogP contribution in [0.1, 0.15) is 23.2 Å². The van der Waals surface area contributed by atoms with Gasteiger partial charge in [0.05, 0.1) is 5.56 Å². The number of methoxy groups -OCH3 is 1. The van der Waals surface area contributed by atoms with Crippen LogP contribution in [0.25, 0.3) is 0 Å². The summed E-state index contributed by atoms with van der Waals surface area (Å²) in [4.78, 5) is 15.5. The zero-order valence-electron chi connectivity index (χ0n) is 9.40. The molecule has 0 aliphatic rings. The Morgan fingerprint density at radius 2 is 2.38 bits per heavy atom. The van der Waals surface area contributed by atoms with E-state index < -0.39 is 0 Å². The molecule has 0 unspecified atom stereocenters. The summed E-state index contributed by atoms with van der Waals surface area (Å²) in [7, 11) is 1.66. The van der Waals surface area contributed by atoms with E-state index in [1.54, 1.807) is 19.4 Å². The first-order valence-corrected chi connectivity index (χ1v) is 5.22. The number of pyridine rings is 1. The number of rotatable bonds is 6. The Kier molecular flexibility index (Phi) is 5.28. The molecular weight excluding hydrogens is 206 g/mol. The monoisotopic (exact) mass is 223 g/mol. The van der Waals surface area contributed by atoms with Crippen molar-refractivity contribution in [1.82, 2.24) is 10.3 Å². The Labute approximate surface area is 95.0 Å². The van der Waals surface area contributed by atoms with Gasteiger partial charge >= 0.3 is 0 Å². The van der Waals surface area contributed by atoms with E-state index in [9.17, 15) is 4.79 Å². The number of carbonyl (C=O) groups excluding carboxylic acids is 1. The minimum Gasteiger partial charge on any atom is -0.398 e. The average Bonchev–Trinajstić information content (AvgIpc) is 2.29. The van der Waals surface area contributed by atoms with Gasteiger partial charge in [0.15, 0.2) is 0 Å². The Balaban J connectivity index is 2.33. The largest absolute Gasteiger partial charge is 0.398 e. The first-order chi connectivity index (χ1) is 7.75. The summed E-state index contributed by atoms with van der Waals surface area (Å²) in [6.45, 7) is 1.33. The number of nitrogens with one attached hydrogen (secondary N) is 1. The quantitative estimate of drug-likeness (QED) is 0.700. The maximum Gasteiger partial charge on any atom is 0.254 e. The van der Waals surface area contributed by atoms with Crippen molar-refractivity contribution in [3.05, 3.63) is 24.0 Å². The van der Waals surface area contributed by atoms with Crippen LogP contribution in [0.4, 0.5) is 5.69 Å². The van der Waals surface area contributed by atoms with Gasteiger partial charge in [-0.05, 0) is 18.9 Å². The van der Waals surface area contributed by atoms with E-state index in [1.807, 2.05) is 0 Å². The van der Waals surface area contributed by atoms with E-state index >= 15 is 0 Å². The standard InChI is InChI=1S/C11H17N3O2/c1-16-7-3-2-5-14-11(15)9-8-13-6-4-10(9)12/h4,6,8H,2-3,5,7H2,1H3,(H2,12,13)(H,14,15). The molecule has 1 aromatic rings. The normalized spacial score (nSPS) is 10.1.